The maximum absolute atomic E-state index is 12.7. The molecule has 1 fully saturated rings. The van der Waals surface area contributed by atoms with Crippen LogP contribution >= 0.6 is 23.6 Å². The van der Waals surface area contributed by atoms with Crippen molar-refractivity contribution in [3.8, 4) is 11.4 Å². The molecule has 0 bridgehead atoms. The number of hydrogen-bond acceptors (Lipinski definition) is 6. The molecule has 0 N–H and O–H groups in total. The Morgan fingerprint density at radius 3 is 2.43 bits per heavy atom. The molecule has 28 heavy (non-hydrogen) atoms. The molecule has 3 aromatic rings. The fraction of sp³-hybridized carbons (Fsp3) is 0.333. The van der Waals surface area contributed by atoms with Gasteiger partial charge in [-0.25, -0.2) is 13.1 Å². The number of hydrogen-bond donors (Lipinski definition) is 0. The van der Waals surface area contributed by atoms with Crippen LogP contribution in [0.1, 0.15) is 0 Å². The molecule has 3 heterocycles. The zero-order valence-electron chi connectivity index (χ0n) is 15.4. The monoisotopic (exact) mass is 435 g/mol. The van der Waals surface area contributed by atoms with Gasteiger partial charge in [0.25, 0.3) is 10.0 Å². The fourth-order valence-corrected chi connectivity index (χ4v) is 6.01. The van der Waals surface area contributed by atoms with E-state index in [-0.39, 0.29) is 0 Å². The van der Waals surface area contributed by atoms with Crippen LogP contribution in [0.25, 0.3) is 11.4 Å². The minimum atomic E-state index is -3.38. The second kappa shape index (κ2) is 7.88. The van der Waals surface area contributed by atoms with Gasteiger partial charge in [-0.15, -0.1) is 11.3 Å². The summed E-state index contributed by atoms with van der Waals surface area (Å²) in [5, 5.41) is 6.47. The molecule has 0 atom stereocenters. The van der Waals surface area contributed by atoms with Crippen LogP contribution in [-0.2, 0) is 23.7 Å². The summed E-state index contributed by atoms with van der Waals surface area (Å²) in [7, 11) is -1.47. The summed E-state index contributed by atoms with van der Waals surface area (Å²) < 4.78 is 31.6. The molecule has 7 nitrogen and oxygen atoms in total. The topological polar surface area (TPSA) is 63.4 Å². The lowest BCUT2D eigenvalue weighted by Crippen LogP contribution is -2.48. The van der Waals surface area contributed by atoms with Gasteiger partial charge >= 0.3 is 0 Å². The number of thiophene rings is 1. The fourth-order valence-electron chi connectivity index (χ4n) is 3.26. The molecule has 0 spiro atoms. The van der Waals surface area contributed by atoms with Crippen molar-refractivity contribution in [3.05, 3.63) is 52.6 Å². The summed E-state index contributed by atoms with van der Waals surface area (Å²) in [6.07, 6.45) is 0. The summed E-state index contributed by atoms with van der Waals surface area (Å²) in [5.41, 5.74) is 1.02. The van der Waals surface area contributed by atoms with Crippen LogP contribution in [0.4, 0.5) is 0 Å². The molecule has 1 aliphatic heterocycles. The third-order valence-electron chi connectivity index (χ3n) is 4.83. The van der Waals surface area contributed by atoms with Crippen LogP contribution in [0.15, 0.2) is 52.1 Å². The minimum Gasteiger partial charge on any atom is -0.303 e. The lowest BCUT2D eigenvalue weighted by Gasteiger charge is -2.33. The third-order valence-corrected chi connectivity index (χ3v) is 8.58. The summed E-state index contributed by atoms with van der Waals surface area (Å²) in [4.78, 5) is 2.18. The van der Waals surface area contributed by atoms with Gasteiger partial charge in [0, 0.05) is 38.8 Å². The van der Waals surface area contributed by atoms with E-state index in [0.29, 0.717) is 41.8 Å². The van der Waals surface area contributed by atoms with Crippen LogP contribution in [-0.4, -0.2) is 58.1 Å². The second-order valence-corrected chi connectivity index (χ2v) is 10.1. The highest BCUT2D eigenvalue weighted by Crippen LogP contribution is 2.22. The summed E-state index contributed by atoms with van der Waals surface area (Å²) in [6, 6.07) is 13.4. The number of piperazine rings is 1. The van der Waals surface area contributed by atoms with Crippen molar-refractivity contribution in [3.63, 3.8) is 0 Å². The first-order valence-electron chi connectivity index (χ1n) is 8.92. The van der Waals surface area contributed by atoms with Crippen molar-refractivity contribution in [2.45, 2.75) is 10.9 Å². The maximum atomic E-state index is 12.7. The Morgan fingerprint density at radius 2 is 1.79 bits per heavy atom. The Balaban J connectivity index is 1.45. The Labute approximate surface area is 173 Å². The zero-order chi connectivity index (χ0) is 19.7. The quantitative estimate of drug-likeness (QED) is 0.577. The van der Waals surface area contributed by atoms with Gasteiger partial charge in [-0.3, -0.25) is 4.90 Å². The minimum absolute atomic E-state index is 0.403. The highest BCUT2D eigenvalue weighted by Gasteiger charge is 2.29. The standard InChI is InChI=1S/C18H21N5O2S3/c1-20-17(15-6-3-2-4-7-15)19-23(18(20)26)14-21-9-11-22(12-10-21)28(24,25)16-8-5-13-27-16/h2-8,13H,9-12,14H2,1H3. The van der Waals surface area contributed by atoms with Gasteiger partial charge < -0.3 is 4.57 Å². The van der Waals surface area contributed by atoms with Crippen LogP contribution < -0.4 is 0 Å². The lowest BCUT2D eigenvalue weighted by molar-refractivity contribution is 0.145. The van der Waals surface area contributed by atoms with Crippen molar-refractivity contribution in [2.75, 3.05) is 26.2 Å². The largest absolute Gasteiger partial charge is 0.303 e. The Morgan fingerprint density at radius 1 is 1.07 bits per heavy atom. The first-order valence-corrected chi connectivity index (χ1v) is 11.6. The molecule has 0 aliphatic carbocycles. The molecule has 1 saturated heterocycles. The first-order chi connectivity index (χ1) is 13.5. The Hall–Kier alpha value is -1.85. The highest BCUT2D eigenvalue weighted by atomic mass is 32.2. The van der Waals surface area contributed by atoms with E-state index in [1.807, 2.05) is 41.9 Å². The lowest BCUT2D eigenvalue weighted by atomic mass is 10.2. The molecule has 1 aliphatic rings. The van der Waals surface area contributed by atoms with E-state index in [1.54, 1.807) is 26.5 Å². The van der Waals surface area contributed by atoms with Gasteiger partial charge in [-0.2, -0.15) is 9.40 Å². The van der Waals surface area contributed by atoms with Gasteiger partial charge in [-0.05, 0) is 23.7 Å². The molecule has 0 saturated carbocycles. The van der Waals surface area contributed by atoms with Crippen molar-refractivity contribution >= 4 is 33.6 Å². The van der Waals surface area contributed by atoms with Crippen molar-refractivity contribution < 1.29 is 8.42 Å². The predicted octanol–water partition coefficient (Wildman–Crippen LogP) is 2.64. The Bertz CT molecular complexity index is 1100. The van der Waals surface area contributed by atoms with Crippen molar-refractivity contribution in [1.29, 1.82) is 0 Å². The van der Waals surface area contributed by atoms with Crippen LogP contribution in [0.5, 0.6) is 0 Å². The van der Waals surface area contributed by atoms with Crippen LogP contribution in [0.3, 0.4) is 0 Å². The van der Waals surface area contributed by atoms with Gasteiger partial charge in [0.1, 0.15) is 4.21 Å². The zero-order valence-corrected chi connectivity index (χ0v) is 17.9. The van der Waals surface area contributed by atoms with Crippen LogP contribution in [0, 0.1) is 4.77 Å². The second-order valence-electron chi connectivity index (χ2n) is 6.63. The smallest absolute Gasteiger partial charge is 0.252 e. The molecule has 1 aromatic carbocycles. The van der Waals surface area contributed by atoms with Crippen molar-refractivity contribution in [2.24, 2.45) is 7.05 Å². The molecule has 4 rings (SSSR count). The molecule has 0 unspecified atom stereocenters. The molecule has 148 valence electrons. The van der Waals surface area contributed by atoms with Gasteiger partial charge in [-0.1, -0.05) is 36.4 Å². The Kier molecular flexibility index (Phi) is 5.48. The summed E-state index contributed by atoms with van der Waals surface area (Å²) >= 11 is 6.81. The number of benzene rings is 1. The molecule has 10 heteroatoms. The van der Waals surface area contributed by atoms with Crippen molar-refractivity contribution in [1.82, 2.24) is 23.6 Å². The van der Waals surface area contributed by atoms with E-state index in [1.165, 1.54) is 11.3 Å². The maximum Gasteiger partial charge on any atom is 0.252 e. The summed E-state index contributed by atoms with van der Waals surface area (Å²) in [6.45, 7) is 2.76. The summed E-state index contributed by atoms with van der Waals surface area (Å²) in [5.74, 6) is 0.824. The average Bonchev–Trinajstić information content (AvgIpc) is 3.35. The normalized spacial score (nSPS) is 16.5. The van der Waals surface area contributed by atoms with E-state index in [4.69, 9.17) is 12.2 Å². The number of rotatable bonds is 5. The molecular weight excluding hydrogens is 414 g/mol. The molecule has 0 amide bonds. The first kappa shape index (κ1) is 19.5. The van der Waals surface area contributed by atoms with Crippen LogP contribution in [0.2, 0.25) is 0 Å². The molecular formula is C18H21N5O2S3. The highest BCUT2D eigenvalue weighted by molar-refractivity contribution is 7.91. The SMILES string of the molecule is Cn1c(-c2ccccc2)nn(CN2CCN(S(=O)(=O)c3cccs3)CC2)c1=S. The predicted molar refractivity (Wildman–Crippen MR) is 112 cm³/mol. The van der Waals surface area contributed by atoms with E-state index in [9.17, 15) is 8.42 Å². The molecule has 0 radical (unpaired) electrons. The number of aromatic nitrogens is 3. The van der Waals surface area contributed by atoms with Gasteiger partial charge in [0.2, 0.25) is 0 Å². The van der Waals surface area contributed by atoms with Gasteiger partial charge in [0.05, 0.1) is 6.67 Å². The molecule has 2 aromatic heterocycles. The van der Waals surface area contributed by atoms with E-state index in [2.05, 4.69) is 10.00 Å². The van der Waals surface area contributed by atoms with E-state index < -0.39 is 10.0 Å². The van der Waals surface area contributed by atoms with Gasteiger partial charge in [0.15, 0.2) is 10.6 Å². The van der Waals surface area contributed by atoms with E-state index in [0.717, 1.165) is 11.4 Å². The third kappa shape index (κ3) is 3.70. The number of sulfonamides is 1. The number of nitrogens with zero attached hydrogens (tertiary/aromatic N) is 5. The van der Waals surface area contributed by atoms with E-state index >= 15 is 0 Å². The average molecular weight is 436 g/mol.